The van der Waals surface area contributed by atoms with E-state index in [0.717, 1.165) is 0 Å². The van der Waals surface area contributed by atoms with Gasteiger partial charge in [-0.3, -0.25) is 0 Å². The summed E-state index contributed by atoms with van der Waals surface area (Å²) >= 11 is 0. The molecule has 1 fully saturated rings. The number of halogens is 10. The zero-order valence-electron chi connectivity index (χ0n) is 11.8. The van der Waals surface area contributed by atoms with Crippen LogP contribution in [0.4, 0.5) is 43.9 Å². The molecule has 0 saturated carbocycles. The Balaban J connectivity index is 3.82. The van der Waals surface area contributed by atoms with Crippen LogP contribution in [0.3, 0.4) is 0 Å². The van der Waals surface area contributed by atoms with Crippen molar-refractivity contribution in [3.05, 3.63) is 12.7 Å². The Morgan fingerprint density at radius 2 is 1.60 bits per heavy atom. The summed E-state index contributed by atoms with van der Waals surface area (Å²) in [7, 11) is 0. The molecule has 1 N–H and O–H groups in total. The molecule has 25 heavy (non-hydrogen) atoms. The van der Waals surface area contributed by atoms with Crippen LogP contribution in [0.5, 0.6) is 0 Å². The highest BCUT2D eigenvalue weighted by atomic mass is 19.4. The van der Waals surface area contributed by atoms with Crippen molar-refractivity contribution in [3.8, 4) is 0 Å². The van der Waals surface area contributed by atoms with Crippen LogP contribution in [0.1, 0.15) is 6.92 Å². The summed E-state index contributed by atoms with van der Waals surface area (Å²) in [5.41, 5.74) is -5.27. The van der Waals surface area contributed by atoms with Gasteiger partial charge in [-0.2, -0.15) is 43.9 Å². The van der Waals surface area contributed by atoms with Gasteiger partial charge in [0, 0.05) is 6.08 Å². The molecule has 4 nitrogen and oxygen atoms in total. The first-order chi connectivity index (χ1) is 10.8. The predicted octanol–water partition coefficient (Wildman–Crippen LogP) is 2.96. The Kier molecular flexibility index (Phi) is 4.69. The van der Waals surface area contributed by atoms with Crippen LogP contribution < -0.4 is 0 Å². The van der Waals surface area contributed by atoms with Gasteiger partial charge in [-0.15, -0.1) is 0 Å². The number of carbonyl (C=O) groups excluding carboxylic acids is 1. The lowest BCUT2D eigenvalue weighted by Gasteiger charge is -2.54. The number of rotatable bonds is 2. The zero-order valence-corrected chi connectivity index (χ0v) is 11.8. The highest BCUT2D eigenvalue weighted by molar-refractivity contribution is 5.81. The number of hydrogen-bond donors (Lipinski definition) is 1. The highest BCUT2D eigenvalue weighted by Crippen LogP contribution is 2.61. The smallest absolute Gasteiger partial charge is 0.415 e. The van der Waals surface area contributed by atoms with E-state index in [1.165, 1.54) is 0 Å². The molecule has 3 atom stereocenters. The lowest BCUT2D eigenvalue weighted by atomic mass is 9.78. The molecule has 0 amide bonds. The van der Waals surface area contributed by atoms with E-state index in [1.54, 1.807) is 0 Å². The molecule has 1 aliphatic heterocycles. The third-order valence-electron chi connectivity index (χ3n) is 3.37. The number of ether oxygens (including phenoxy) is 2. The van der Waals surface area contributed by atoms with Crippen molar-refractivity contribution >= 4 is 5.97 Å². The molecule has 3 unspecified atom stereocenters. The van der Waals surface area contributed by atoms with E-state index in [-0.39, 0.29) is 6.08 Å². The standard InChI is InChI=1S/C11H8F10O4/c1-3-4(22)24-10(11(19,20)21)9(17,18)6(2,23)7(12,13)5(25-10)8(14,15)16/h3,5,23H,1H2,2H3. The van der Waals surface area contributed by atoms with Gasteiger partial charge in [-0.05, 0) is 6.92 Å². The molecule has 0 radical (unpaired) electrons. The predicted molar refractivity (Wildman–Crippen MR) is 56.5 cm³/mol. The number of hydrogen-bond acceptors (Lipinski definition) is 4. The summed E-state index contributed by atoms with van der Waals surface area (Å²) in [5.74, 6) is -20.4. The van der Waals surface area contributed by atoms with Crippen LogP contribution in [-0.4, -0.2) is 52.8 Å². The number of aliphatic hydroxyl groups is 1. The molecule has 146 valence electrons. The maximum atomic E-state index is 14.1. The van der Waals surface area contributed by atoms with Crippen LogP contribution in [0, 0.1) is 0 Å². The first-order valence-corrected chi connectivity index (χ1v) is 5.94. The van der Waals surface area contributed by atoms with Gasteiger partial charge in [0.25, 0.3) is 0 Å². The van der Waals surface area contributed by atoms with Gasteiger partial charge in [0.1, 0.15) is 0 Å². The minimum atomic E-state index is -6.65. The van der Waals surface area contributed by atoms with Crippen molar-refractivity contribution in [1.82, 2.24) is 0 Å². The second-order valence-electron chi connectivity index (χ2n) is 5.05. The Labute approximate surface area is 132 Å². The fraction of sp³-hybridized carbons (Fsp3) is 0.727. The van der Waals surface area contributed by atoms with Crippen molar-refractivity contribution in [2.75, 3.05) is 0 Å². The monoisotopic (exact) mass is 394 g/mol. The van der Waals surface area contributed by atoms with E-state index in [1.807, 2.05) is 0 Å². The van der Waals surface area contributed by atoms with Gasteiger partial charge in [0.15, 0.2) is 5.60 Å². The molecule has 0 aliphatic carbocycles. The lowest BCUT2D eigenvalue weighted by molar-refractivity contribution is -0.529. The lowest BCUT2D eigenvalue weighted by Crippen LogP contribution is -2.83. The van der Waals surface area contributed by atoms with Crippen molar-refractivity contribution in [2.45, 2.75) is 48.6 Å². The van der Waals surface area contributed by atoms with Crippen molar-refractivity contribution in [2.24, 2.45) is 0 Å². The summed E-state index contributed by atoms with van der Waals surface area (Å²) in [6, 6.07) is 0. The van der Waals surface area contributed by atoms with E-state index >= 15 is 0 Å². The molecular formula is C11H8F10O4. The van der Waals surface area contributed by atoms with Gasteiger partial charge in [-0.25, -0.2) is 4.79 Å². The van der Waals surface area contributed by atoms with E-state index in [0.29, 0.717) is 0 Å². The third-order valence-corrected chi connectivity index (χ3v) is 3.37. The molecule has 0 spiro atoms. The quantitative estimate of drug-likeness (QED) is 0.445. The van der Waals surface area contributed by atoms with E-state index in [2.05, 4.69) is 16.1 Å². The van der Waals surface area contributed by atoms with Crippen LogP contribution in [-0.2, 0) is 14.3 Å². The fourth-order valence-electron chi connectivity index (χ4n) is 1.95. The van der Waals surface area contributed by atoms with Gasteiger partial charge in [0.2, 0.25) is 6.10 Å². The second-order valence-corrected chi connectivity index (χ2v) is 5.05. The number of carbonyl (C=O) groups is 1. The van der Waals surface area contributed by atoms with Crippen LogP contribution >= 0.6 is 0 Å². The van der Waals surface area contributed by atoms with Crippen molar-refractivity contribution < 1.29 is 63.3 Å². The summed E-state index contributed by atoms with van der Waals surface area (Å²) in [5, 5.41) is 9.25. The first kappa shape index (κ1) is 21.5. The summed E-state index contributed by atoms with van der Waals surface area (Å²) in [4.78, 5) is 10.9. The number of esters is 1. The average Bonchev–Trinajstić information content (AvgIpc) is 2.37. The van der Waals surface area contributed by atoms with Crippen LogP contribution in [0.15, 0.2) is 12.7 Å². The van der Waals surface area contributed by atoms with E-state index < -0.39 is 54.6 Å². The highest BCUT2D eigenvalue weighted by Gasteiger charge is 2.91. The van der Waals surface area contributed by atoms with Crippen LogP contribution in [0.25, 0.3) is 0 Å². The van der Waals surface area contributed by atoms with Crippen molar-refractivity contribution in [1.29, 1.82) is 0 Å². The molecule has 0 bridgehead atoms. The van der Waals surface area contributed by atoms with Gasteiger partial charge >= 0.3 is 36.0 Å². The Hall–Kier alpha value is -1.57. The normalized spacial score (nSPS) is 35.1. The molecule has 0 aromatic heterocycles. The molecule has 0 aromatic rings. The summed E-state index contributed by atoms with van der Waals surface area (Å²) < 4.78 is 139. The minimum absolute atomic E-state index is 0.156. The Bertz CT molecular complexity index is 564. The van der Waals surface area contributed by atoms with E-state index in [4.69, 9.17) is 0 Å². The Morgan fingerprint density at radius 1 is 1.16 bits per heavy atom. The topological polar surface area (TPSA) is 55.8 Å². The fourth-order valence-corrected chi connectivity index (χ4v) is 1.95. The minimum Gasteiger partial charge on any atom is -0.415 e. The van der Waals surface area contributed by atoms with E-state index in [9.17, 15) is 53.8 Å². The van der Waals surface area contributed by atoms with Crippen LogP contribution in [0.2, 0.25) is 0 Å². The summed E-state index contributed by atoms with van der Waals surface area (Å²) in [6.45, 7) is 1.87. The maximum Gasteiger partial charge on any atom is 0.462 e. The molecule has 1 aliphatic rings. The first-order valence-electron chi connectivity index (χ1n) is 5.94. The second kappa shape index (κ2) is 5.46. The molecular weight excluding hydrogens is 386 g/mol. The largest absolute Gasteiger partial charge is 0.462 e. The average molecular weight is 394 g/mol. The molecule has 14 heteroatoms. The summed E-state index contributed by atoms with van der Waals surface area (Å²) in [6.07, 6.45) is -18.0. The van der Waals surface area contributed by atoms with Gasteiger partial charge in [-0.1, -0.05) is 6.58 Å². The molecule has 1 rings (SSSR count). The number of alkyl halides is 10. The van der Waals surface area contributed by atoms with Gasteiger partial charge in [0.05, 0.1) is 0 Å². The maximum absolute atomic E-state index is 14.1. The molecule has 1 heterocycles. The zero-order chi connectivity index (χ0) is 20.3. The molecule has 1 saturated heterocycles. The van der Waals surface area contributed by atoms with Gasteiger partial charge < -0.3 is 14.6 Å². The third kappa shape index (κ3) is 2.74. The SMILES string of the molecule is C=CC(=O)OC1(C(F)(F)F)OC(C(F)(F)F)C(F)(F)C(C)(O)C1(F)F. The van der Waals surface area contributed by atoms with Crippen molar-refractivity contribution in [3.63, 3.8) is 0 Å². The Morgan fingerprint density at radius 3 is 1.92 bits per heavy atom. The molecule has 0 aromatic carbocycles.